The number of aromatic nitrogens is 6. The van der Waals surface area contributed by atoms with Crippen LogP contribution in [0.4, 0.5) is 5.82 Å². The van der Waals surface area contributed by atoms with Crippen LogP contribution in [0, 0.1) is 0 Å². The quantitative estimate of drug-likeness (QED) is 0.191. The number of aromatic hydroxyl groups is 1. The highest BCUT2D eigenvalue weighted by molar-refractivity contribution is 6.10. The van der Waals surface area contributed by atoms with Gasteiger partial charge in [-0.3, -0.25) is 19.6 Å². The van der Waals surface area contributed by atoms with Gasteiger partial charge in [-0.15, -0.1) is 10.2 Å². The monoisotopic (exact) mass is 655 g/mol. The molecule has 2 saturated heterocycles. The van der Waals surface area contributed by atoms with Gasteiger partial charge in [-0.05, 0) is 81.1 Å². The fourth-order valence-electron chi connectivity index (χ4n) is 7.50. The smallest absolute Gasteiger partial charge is 0.249 e. The lowest BCUT2D eigenvalue weighted by Crippen LogP contribution is -2.41. The van der Waals surface area contributed by atoms with Gasteiger partial charge in [-0.1, -0.05) is 30.3 Å². The zero-order valence-corrected chi connectivity index (χ0v) is 27.0. The third kappa shape index (κ3) is 5.78. The molecule has 6 heterocycles. The Morgan fingerprint density at radius 1 is 1.00 bits per heavy atom. The number of carbonyl (C=O) groups excluding carboxylic acids is 2. The number of imide groups is 1. The highest BCUT2D eigenvalue weighted by atomic mass is 16.3. The summed E-state index contributed by atoms with van der Waals surface area (Å²) in [7, 11) is 0. The summed E-state index contributed by atoms with van der Waals surface area (Å²) in [6.07, 6.45) is 10.4. The van der Waals surface area contributed by atoms with Crippen LogP contribution in [-0.2, 0) is 16.0 Å². The van der Waals surface area contributed by atoms with E-state index in [1.165, 1.54) is 5.56 Å². The summed E-state index contributed by atoms with van der Waals surface area (Å²) in [5.41, 5.74) is 11.9. The number of piperidine rings is 2. The summed E-state index contributed by atoms with van der Waals surface area (Å²) in [5.74, 6) is -0.0424. The molecule has 2 atom stereocenters. The molecule has 12 heteroatoms. The van der Waals surface area contributed by atoms with Gasteiger partial charge >= 0.3 is 0 Å². The number of benzene rings is 2. The first-order chi connectivity index (χ1) is 23.9. The number of anilines is 1. The van der Waals surface area contributed by atoms with Crippen LogP contribution >= 0.6 is 0 Å². The summed E-state index contributed by atoms with van der Waals surface area (Å²) in [5, 5.41) is 28.1. The lowest BCUT2D eigenvalue weighted by atomic mass is 10.0. The predicted molar refractivity (Wildman–Crippen MR) is 186 cm³/mol. The van der Waals surface area contributed by atoms with E-state index in [0.29, 0.717) is 29.9 Å². The van der Waals surface area contributed by atoms with Gasteiger partial charge in [-0.25, -0.2) is 4.98 Å². The van der Waals surface area contributed by atoms with E-state index in [-0.39, 0.29) is 23.6 Å². The molecule has 0 bridgehead atoms. The molecular formula is C37H37N9O3. The molecule has 6 aromatic rings. The Balaban J connectivity index is 0.972. The van der Waals surface area contributed by atoms with Gasteiger partial charge in [-0.2, -0.15) is 5.10 Å². The minimum absolute atomic E-state index is 0.137. The van der Waals surface area contributed by atoms with E-state index < -0.39 is 6.04 Å². The lowest BCUT2D eigenvalue weighted by Gasteiger charge is -2.32. The largest absolute Gasteiger partial charge is 0.507 e. The van der Waals surface area contributed by atoms with Gasteiger partial charge in [0.2, 0.25) is 11.8 Å². The minimum atomic E-state index is -0.471. The summed E-state index contributed by atoms with van der Waals surface area (Å²) >= 11 is 0. The van der Waals surface area contributed by atoms with E-state index in [9.17, 15) is 14.7 Å². The molecule has 0 aliphatic carbocycles. The Hall–Kier alpha value is -5.62. The second kappa shape index (κ2) is 12.8. The molecule has 2 aromatic carbocycles. The Bertz CT molecular complexity index is 2210. The Kier molecular flexibility index (Phi) is 8.00. The number of phenolic OH excluding ortho intramolecular Hbond substituents is 1. The molecule has 0 saturated carbocycles. The normalized spacial score (nSPS) is 18.7. The first-order valence-corrected chi connectivity index (χ1v) is 16.8. The van der Waals surface area contributed by atoms with Crippen molar-refractivity contribution in [2.24, 2.45) is 0 Å². The number of phenols is 1. The summed E-state index contributed by atoms with van der Waals surface area (Å²) < 4.78 is 4.06. The van der Waals surface area contributed by atoms with Gasteiger partial charge in [0.15, 0.2) is 5.82 Å². The van der Waals surface area contributed by atoms with E-state index in [1.54, 1.807) is 18.2 Å². The number of hydrogen-bond acceptors (Lipinski definition) is 9. The Morgan fingerprint density at radius 3 is 2.73 bits per heavy atom. The maximum atomic E-state index is 12.9. The van der Waals surface area contributed by atoms with Crippen molar-refractivity contribution >= 4 is 39.6 Å². The molecule has 0 spiro atoms. The van der Waals surface area contributed by atoms with Crippen molar-refractivity contribution in [1.82, 2.24) is 39.7 Å². The maximum Gasteiger partial charge on any atom is 0.249 e. The van der Waals surface area contributed by atoms with E-state index in [1.807, 2.05) is 58.2 Å². The summed E-state index contributed by atoms with van der Waals surface area (Å²) in [6, 6.07) is 18.9. The van der Waals surface area contributed by atoms with Gasteiger partial charge in [0.05, 0.1) is 23.4 Å². The highest BCUT2D eigenvalue weighted by Gasteiger charge is 2.31. The number of nitrogens with two attached hydrogens (primary N) is 1. The van der Waals surface area contributed by atoms with Crippen LogP contribution < -0.4 is 11.1 Å². The number of carbonyl (C=O) groups is 2. The topological polar surface area (TPSA) is 157 Å². The molecule has 4 N–H and O–H groups in total. The van der Waals surface area contributed by atoms with Gasteiger partial charge in [0.1, 0.15) is 17.4 Å². The van der Waals surface area contributed by atoms with Gasteiger partial charge < -0.3 is 20.3 Å². The molecule has 2 unspecified atom stereocenters. The van der Waals surface area contributed by atoms with Crippen LogP contribution in [0.15, 0.2) is 79.3 Å². The molecule has 2 aliphatic rings. The number of amides is 2. The van der Waals surface area contributed by atoms with Crippen molar-refractivity contribution in [1.29, 1.82) is 0 Å². The maximum absolute atomic E-state index is 12.9. The number of nitrogens with one attached hydrogen (secondary N) is 1. The first kappa shape index (κ1) is 30.7. The van der Waals surface area contributed by atoms with Crippen LogP contribution in [0.2, 0.25) is 0 Å². The number of nitrogen functional groups attached to an aromatic ring is 1. The average Bonchev–Trinajstić information content (AvgIpc) is 3.73. The molecule has 2 fully saturated rings. The van der Waals surface area contributed by atoms with Crippen LogP contribution in [0.5, 0.6) is 5.75 Å². The first-order valence-electron chi connectivity index (χ1n) is 16.8. The minimum Gasteiger partial charge on any atom is -0.507 e. The number of nitrogens with zero attached hydrogens (tertiary/aromatic N) is 7. The number of likely N-dealkylation sites (tertiary alicyclic amines) is 1. The Morgan fingerprint density at radius 2 is 1.86 bits per heavy atom. The van der Waals surface area contributed by atoms with Crippen molar-refractivity contribution in [3.05, 3.63) is 84.8 Å². The zero-order valence-electron chi connectivity index (χ0n) is 27.0. The van der Waals surface area contributed by atoms with Crippen molar-refractivity contribution < 1.29 is 14.7 Å². The highest BCUT2D eigenvalue weighted by Crippen LogP contribution is 2.36. The molecule has 4 aromatic heterocycles. The van der Waals surface area contributed by atoms with E-state index in [4.69, 9.17) is 15.8 Å². The molecule has 0 radical (unpaired) electrons. The lowest BCUT2D eigenvalue weighted by molar-refractivity contribution is -0.135. The molecule has 248 valence electrons. The number of para-hydroxylation sites is 2. The van der Waals surface area contributed by atoms with Crippen molar-refractivity contribution in [3.8, 4) is 28.1 Å². The van der Waals surface area contributed by atoms with Gasteiger partial charge in [0, 0.05) is 52.8 Å². The second-order valence-electron chi connectivity index (χ2n) is 13.0. The molecular weight excluding hydrogens is 618 g/mol. The van der Waals surface area contributed by atoms with Crippen molar-refractivity contribution in [2.45, 2.75) is 50.6 Å². The summed E-state index contributed by atoms with van der Waals surface area (Å²) in [6.45, 7) is 2.89. The number of fused-ring (bicyclic) bond motifs is 3. The molecule has 8 rings (SSSR count). The van der Waals surface area contributed by atoms with E-state index in [2.05, 4.69) is 32.5 Å². The predicted octanol–water partition coefficient (Wildman–Crippen LogP) is 5.05. The van der Waals surface area contributed by atoms with Crippen LogP contribution in [0.3, 0.4) is 0 Å². The number of rotatable bonds is 8. The third-order valence-electron chi connectivity index (χ3n) is 9.89. The summed E-state index contributed by atoms with van der Waals surface area (Å²) in [4.78, 5) is 32.0. The molecule has 2 aliphatic heterocycles. The van der Waals surface area contributed by atoms with Crippen molar-refractivity contribution in [2.75, 3.05) is 25.4 Å². The number of aryl methyl sites for hydroxylation is 1. The number of pyridine rings is 1. The van der Waals surface area contributed by atoms with Gasteiger partial charge in [0.25, 0.3) is 0 Å². The third-order valence-corrected chi connectivity index (χ3v) is 9.89. The SMILES string of the molecule is Nc1nnc(-c2ccccc2O)cc1-c1cnn(C2CCCN(CCCc3ccnc4c3c3ccccc3n4C3CCC(=O)NC3=O)C2)c1. The molecule has 2 amide bonds. The van der Waals surface area contributed by atoms with Crippen LogP contribution in [0.25, 0.3) is 44.3 Å². The van der Waals surface area contributed by atoms with Crippen LogP contribution in [0.1, 0.15) is 49.8 Å². The number of hydrogen-bond donors (Lipinski definition) is 3. The van der Waals surface area contributed by atoms with Crippen LogP contribution in [-0.4, -0.2) is 71.0 Å². The van der Waals surface area contributed by atoms with E-state index >= 15 is 0 Å². The standard InChI is InChI=1S/C37H37N9O3/c38-35-28(19-29(42-43-35)26-9-2-4-12-32(26)47)24-20-40-45(21-24)25-8-6-18-44(22-25)17-5-7-23-15-16-39-36-34(23)27-10-1-3-11-30(27)46(36)31-13-14-33(48)41-37(31)49/h1-4,9-12,15-16,19-21,25,31,47H,5-8,13-14,17-18,22H2,(H2,38,43)(H,41,48,49). The molecule has 49 heavy (non-hydrogen) atoms. The second-order valence-corrected chi connectivity index (χ2v) is 13.0. The zero-order chi connectivity index (χ0) is 33.5. The van der Waals surface area contributed by atoms with Crippen molar-refractivity contribution in [3.63, 3.8) is 0 Å². The van der Waals surface area contributed by atoms with E-state index in [0.717, 1.165) is 78.4 Å². The fraction of sp³-hybridized carbons (Fsp3) is 0.297. The average molecular weight is 656 g/mol. The fourth-order valence-corrected chi connectivity index (χ4v) is 7.50. The Labute approximate surface area is 282 Å². The molecule has 12 nitrogen and oxygen atoms in total.